The fraction of sp³-hybridized carbons (Fsp3) is 0.278. The number of rotatable bonds is 7. The van der Waals surface area contributed by atoms with Crippen LogP contribution in [0.15, 0.2) is 52.4 Å². The van der Waals surface area contributed by atoms with Crippen molar-refractivity contribution in [1.82, 2.24) is 10.6 Å². The molecule has 2 aromatic carbocycles. The summed E-state index contributed by atoms with van der Waals surface area (Å²) in [6, 6.07) is 11.1. The Morgan fingerprint density at radius 1 is 1.11 bits per heavy atom. The van der Waals surface area contributed by atoms with Crippen molar-refractivity contribution in [2.45, 2.75) is 23.7 Å². The van der Waals surface area contributed by atoms with Gasteiger partial charge in [0.1, 0.15) is 5.82 Å². The number of hydrogen-bond acceptors (Lipinski definition) is 4. The number of thioether (sulfide) groups is 1. The lowest BCUT2D eigenvalue weighted by Gasteiger charge is -2.14. The first-order valence-electron chi connectivity index (χ1n) is 8.16. The Morgan fingerprint density at radius 2 is 1.78 bits per heavy atom. The van der Waals surface area contributed by atoms with Gasteiger partial charge in [0, 0.05) is 25.9 Å². The van der Waals surface area contributed by atoms with Crippen molar-refractivity contribution in [3.63, 3.8) is 0 Å². The van der Waals surface area contributed by atoms with Crippen molar-refractivity contribution in [2.24, 2.45) is 10.1 Å². The molecule has 0 aromatic heterocycles. The minimum Gasteiger partial charge on any atom is -0.352 e. The summed E-state index contributed by atoms with van der Waals surface area (Å²) in [7, 11) is -2.03. The molecule has 0 saturated heterocycles. The van der Waals surface area contributed by atoms with E-state index in [9.17, 15) is 12.8 Å². The van der Waals surface area contributed by atoms with Crippen LogP contribution in [0.5, 0.6) is 0 Å². The molecule has 0 aliphatic rings. The number of guanidine groups is 1. The molecule has 27 heavy (non-hydrogen) atoms. The second-order valence-electron chi connectivity index (χ2n) is 5.81. The first-order chi connectivity index (χ1) is 12.8. The van der Waals surface area contributed by atoms with E-state index in [1.165, 1.54) is 18.2 Å². The molecule has 0 radical (unpaired) electrons. The largest absolute Gasteiger partial charge is 0.352 e. The fourth-order valence-electron chi connectivity index (χ4n) is 2.44. The third kappa shape index (κ3) is 6.53. The van der Waals surface area contributed by atoms with Crippen LogP contribution in [0, 0.1) is 5.82 Å². The van der Waals surface area contributed by atoms with Gasteiger partial charge in [0.25, 0.3) is 0 Å². The Hall–Kier alpha value is -2.10. The average Bonchev–Trinajstić information content (AvgIpc) is 2.63. The Balaban J connectivity index is 1.95. The summed E-state index contributed by atoms with van der Waals surface area (Å²) in [5, 5.41) is 11.4. The predicted molar refractivity (Wildman–Crippen MR) is 108 cm³/mol. The SMILES string of the molecule is CN=C(NCc1ccc(S(N)(=O)=O)cc1)NCc1ccc(F)cc1CSC. The van der Waals surface area contributed by atoms with E-state index in [2.05, 4.69) is 15.6 Å². The summed E-state index contributed by atoms with van der Waals surface area (Å²) in [4.78, 5) is 4.24. The first kappa shape index (κ1) is 21.2. The van der Waals surface area contributed by atoms with Crippen molar-refractivity contribution in [1.29, 1.82) is 0 Å². The van der Waals surface area contributed by atoms with Gasteiger partial charge in [0.15, 0.2) is 5.96 Å². The van der Waals surface area contributed by atoms with Gasteiger partial charge >= 0.3 is 0 Å². The molecule has 0 aliphatic carbocycles. The highest BCUT2D eigenvalue weighted by Gasteiger charge is 2.08. The van der Waals surface area contributed by atoms with Crippen LogP contribution in [-0.4, -0.2) is 27.7 Å². The molecular weight excluding hydrogens is 387 g/mol. The van der Waals surface area contributed by atoms with Gasteiger partial charge in [-0.25, -0.2) is 17.9 Å². The number of sulfonamides is 1. The molecule has 0 heterocycles. The third-order valence-electron chi connectivity index (χ3n) is 3.85. The number of aliphatic imine (C=N–C) groups is 1. The Kier molecular flexibility index (Phi) is 7.64. The molecule has 0 amide bonds. The zero-order valence-electron chi connectivity index (χ0n) is 15.2. The molecule has 0 atom stereocenters. The lowest BCUT2D eigenvalue weighted by Crippen LogP contribution is -2.36. The smallest absolute Gasteiger partial charge is 0.238 e. The van der Waals surface area contributed by atoms with Crippen LogP contribution in [0.1, 0.15) is 16.7 Å². The molecule has 0 unspecified atom stereocenters. The van der Waals surface area contributed by atoms with Crippen molar-refractivity contribution < 1.29 is 12.8 Å². The van der Waals surface area contributed by atoms with Gasteiger partial charge < -0.3 is 10.6 Å². The lowest BCUT2D eigenvalue weighted by atomic mass is 10.1. The normalized spacial score (nSPS) is 12.1. The van der Waals surface area contributed by atoms with Crippen LogP contribution >= 0.6 is 11.8 Å². The summed E-state index contributed by atoms with van der Waals surface area (Å²) in [6.07, 6.45) is 1.98. The highest BCUT2D eigenvalue weighted by molar-refractivity contribution is 7.97. The van der Waals surface area contributed by atoms with Crippen molar-refractivity contribution in [3.05, 3.63) is 65.0 Å². The van der Waals surface area contributed by atoms with Gasteiger partial charge in [-0.05, 0) is 47.2 Å². The van der Waals surface area contributed by atoms with Gasteiger partial charge in [0.2, 0.25) is 10.0 Å². The van der Waals surface area contributed by atoms with E-state index in [1.807, 2.05) is 6.26 Å². The van der Waals surface area contributed by atoms with Crippen LogP contribution < -0.4 is 15.8 Å². The molecule has 2 aromatic rings. The second kappa shape index (κ2) is 9.72. The number of nitrogens with two attached hydrogens (primary N) is 1. The Labute approximate surface area is 163 Å². The zero-order valence-corrected chi connectivity index (χ0v) is 16.8. The van der Waals surface area contributed by atoms with Gasteiger partial charge in [0.05, 0.1) is 4.90 Å². The Bertz CT molecular complexity index is 900. The van der Waals surface area contributed by atoms with Crippen LogP contribution in [0.25, 0.3) is 0 Å². The first-order valence-corrected chi connectivity index (χ1v) is 11.1. The fourth-order valence-corrected chi connectivity index (χ4v) is 3.53. The van der Waals surface area contributed by atoms with Gasteiger partial charge in [-0.1, -0.05) is 18.2 Å². The summed E-state index contributed by atoms with van der Waals surface area (Å²) >= 11 is 1.64. The van der Waals surface area contributed by atoms with Crippen molar-refractivity contribution in [2.75, 3.05) is 13.3 Å². The van der Waals surface area contributed by atoms with E-state index in [0.717, 1.165) is 22.4 Å². The maximum Gasteiger partial charge on any atom is 0.238 e. The highest BCUT2D eigenvalue weighted by Crippen LogP contribution is 2.16. The molecular formula is C18H23FN4O2S2. The van der Waals surface area contributed by atoms with E-state index >= 15 is 0 Å². The van der Waals surface area contributed by atoms with E-state index in [4.69, 9.17) is 5.14 Å². The van der Waals surface area contributed by atoms with Gasteiger partial charge in [-0.15, -0.1) is 0 Å². The molecule has 0 spiro atoms. The van der Waals surface area contributed by atoms with Gasteiger partial charge in [-0.3, -0.25) is 4.99 Å². The minimum atomic E-state index is -3.69. The Morgan fingerprint density at radius 3 is 2.37 bits per heavy atom. The van der Waals surface area contributed by atoms with Crippen molar-refractivity contribution in [3.8, 4) is 0 Å². The molecule has 146 valence electrons. The molecule has 0 bridgehead atoms. The summed E-state index contributed by atoms with van der Waals surface area (Å²) in [6.45, 7) is 0.978. The maximum atomic E-state index is 13.4. The summed E-state index contributed by atoms with van der Waals surface area (Å²) in [5.74, 6) is 1.08. The summed E-state index contributed by atoms with van der Waals surface area (Å²) < 4.78 is 36.0. The quantitative estimate of drug-likeness (QED) is 0.480. The topological polar surface area (TPSA) is 96.6 Å². The number of primary sulfonamides is 1. The zero-order chi connectivity index (χ0) is 19.9. The average molecular weight is 411 g/mol. The number of hydrogen-bond donors (Lipinski definition) is 3. The standard InChI is InChI=1S/C18H23FN4O2S2/c1-21-18(22-10-13-3-7-17(8-4-13)27(20,24)25)23-11-14-5-6-16(19)9-15(14)12-26-2/h3-9H,10-12H2,1-2H3,(H2,20,24,25)(H2,21,22,23). The third-order valence-corrected chi connectivity index (χ3v) is 5.38. The predicted octanol–water partition coefficient (Wildman–Crippen LogP) is 2.20. The monoisotopic (exact) mass is 410 g/mol. The van der Waals surface area contributed by atoms with Crippen LogP contribution in [-0.2, 0) is 28.9 Å². The van der Waals surface area contributed by atoms with E-state index in [1.54, 1.807) is 43.1 Å². The van der Waals surface area contributed by atoms with Crippen LogP contribution in [0.3, 0.4) is 0 Å². The van der Waals surface area contributed by atoms with Crippen LogP contribution in [0.2, 0.25) is 0 Å². The van der Waals surface area contributed by atoms with E-state index in [0.29, 0.717) is 19.0 Å². The minimum absolute atomic E-state index is 0.0754. The number of nitrogens with zero attached hydrogens (tertiary/aromatic N) is 1. The lowest BCUT2D eigenvalue weighted by molar-refractivity contribution is 0.597. The highest BCUT2D eigenvalue weighted by atomic mass is 32.2. The molecule has 6 nitrogen and oxygen atoms in total. The summed E-state index contributed by atoms with van der Waals surface area (Å²) in [5.41, 5.74) is 2.84. The second-order valence-corrected chi connectivity index (χ2v) is 8.24. The van der Waals surface area contributed by atoms with E-state index in [-0.39, 0.29) is 10.7 Å². The molecule has 0 saturated carbocycles. The van der Waals surface area contributed by atoms with Crippen molar-refractivity contribution >= 4 is 27.7 Å². The number of benzene rings is 2. The number of nitrogens with one attached hydrogen (secondary N) is 2. The maximum absolute atomic E-state index is 13.4. The van der Waals surface area contributed by atoms with Gasteiger partial charge in [-0.2, -0.15) is 11.8 Å². The molecule has 2 rings (SSSR count). The number of halogens is 1. The molecule has 4 N–H and O–H groups in total. The molecule has 9 heteroatoms. The molecule has 0 aliphatic heterocycles. The molecule has 0 fully saturated rings. The van der Waals surface area contributed by atoms with Crippen LogP contribution in [0.4, 0.5) is 4.39 Å². The van der Waals surface area contributed by atoms with E-state index < -0.39 is 10.0 Å².